The minimum absolute atomic E-state index is 0. The Kier molecular flexibility index (Phi) is 7.73. The highest BCUT2D eigenvalue weighted by atomic mass is 127. The van der Waals surface area contributed by atoms with Gasteiger partial charge < -0.3 is 25.3 Å². The summed E-state index contributed by atoms with van der Waals surface area (Å²) in [5, 5.41) is 3.07. The Morgan fingerprint density at radius 3 is 2.61 bits per heavy atom. The van der Waals surface area contributed by atoms with E-state index >= 15 is 0 Å². The number of halogens is 1. The third kappa shape index (κ3) is 6.74. The van der Waals surface area contributed by atoms with Crippen LogP contribution in [0.25, 0.3) is 0 Å². The van der Waals surface area contributed by atoms with Gasteiger partial charge in [0, 0.05) is 30.4 Å². The molecule has 8 heteroatoms. The summed E-state index contributed by atoms with van der Waals surface area (Å²) >= 11 is 0. The van der Waals surface area contributed by atoms with Crippen LogP contribution in [-0.4, -0.2) is 29.8 Å². The van der Waals surface area contributed by atoms with Gasteiger partial charge in [0.05, 0.1) is 19.8 Å². The van der Waals surface area contributed by atoms with Crippen molar-refractivity contribution >= 4 is 35.6 Å². The number of aromatic nitrogens is 1. The number of guanidine groups is 1. The Balaban J connectivity index is 0.00000280. The van der Waals surface area contributed by atoms with Crippen molar-refractivity contribution in [1.82, 2.24) is 4.98 Å². The van der Waals surface area contributed by atoms with Crippen molar-refractivity contribution < 1.29 is 14.2 Å². The highest BCUT2D eigenvalue weighted by molar-refractivity contribution is 14.0. The third-order valence-electron chi connectivity index (χ3n) is 3.66. The van der Waals surface area contributed by atoms with E-state index in [1.807, 2.05) is 51.1 Å². The predicted octanol–water partition coefficient (Wildman–Crippen LogP) is 3.97. The number of fused-ring (bicyclic) bond motifs is 1. The molecular weight excluding hydrogens is 471 g/mol. The topological polar surface area (TPSA) is 91.0 Å². The quantitative estimate of drug-likeness (QED) is 0.377. The highest BCUT2D eigenvalue weighted by Crippen LogP contribution is 2.32. The molecule has 7 nitrogen and oxygen atoms in total. The Morgan fingerprint density at radius 1 is 1.18 bits per heavy atom. The van der Waals surface area contributed by atoms with Crippen molar-refractivity contribution in [3.05, 3.63) is 42.1 Å². The number of rotatable bonds is 4. The van der Waals surface area contributed by atoms with Crippen LogP contribution in [0.3, 0.4) is 0 Å². The highest BCUT2D eigenvalue weighted by Gasteiger charge is 2.12. The first-order valence-electron chi connectivity index (χ1n) is 9.00. The summed E-state index contributed by atoms with van der Waals surface area (Å²) in [7, 11) is 0. The molecule has 3 N–H and O–H groups in total. The fourth-order valence-electron chi connectivity index (χ4n) is 2.48. The monoisotopic (exact) mass is 498 g/mol. The van der Waals surface area contributed by atoms with E-state index in [1.54, 1.807) is 6.20 Å². The van der Waals surface area contributed by atoms with E-state index in [2.05, 4.69) is 15.3 Å². The van der Waals surface area contributed by atoms with E-state index in [-0.39, 0.29) is 29.6 Å². The van der Waals surface area contributed by atoms with Crippen LogP contribution in [0.15, 0.2) is 41.5 Å². The van der Waals surface area contributed by atoms with Gasteiger partial charge in [0.1, 0.15) is 5.60 Å². The number of nitrogens with zero attached hydrogens (tertiary/aromatic N) is 2. The van der Waals surface area contributed by atoms with Gasteiger partial charge in [-0.25, -0.2) is 9.98 Å². The summed E-state index contributed by atoms with van der Waals surface area (Å²) < 4.78 is 17.0. The summed E-state index contributed by atoms with van der Waals surface area (Å²) in [5.74, 6) is 2.37. The molecule has 1 aromatic carbocycles. The maximum atomic E-state index is 6.00. The number of benzene rings is 1. The lowest BCUT2D eigenvalue weighted by atomic mass is 10.2. The van der Waals surface area contributed by atoms with E-state index in [1.165, 1.54) is 0 Å². The second-order valence-corrected chi connectivity index (χ2v) is 7.26. The maximum Gasteiger partial charge on any atom is 0.213 e. The minimum atomic E-state index is -0.274. The van der Waals surface area contributed by atoms with Gasteiger partial charge in [0.2, 0.25) is 5.88 Å². The van der Waals surface area contributed by atoms with Crippen LogP contribution in [-0.2, 0) is 6.54 Å². The zero-order chi connectivity index (χ0) is 19.3. The van der Waals surface area contributed by atoms with Gasteiger partial charge in [0.15, 0.2) is 17.5 Å². The molecule has 1 aliphatic heterocycles. The summed E-state index contributed by atoms with van der Waals surface area (Å²) in [6.45, 7) is 7.68. The van der Waals surface area contributed by atoms with Crippen LogP contribution in [0.2, 0.25) is 0 Å². The number of nitrogens with two attached hydrogens (primary N) is 1. The summed E-state index contributed by atoms with van der Waals surface area (Å²) in [5.41, 5.74) is 7.46. The third-order valence-corrected chi connectivity index (χ3v) is 3.66. The number of pyridine rings is 1. The van der Waals surface area contributed by atoms with Crippen molar-refractivity contribution in [2.24, 2.45) is 10.7 Å². The molecule has 1 aromatic heterocycles. The predicted molar refractivity (Wildman–Crippen MR) is 121 cm³/mol. The van der Waals surface area contributed by atoms with Crippen LogP contribution in [0, 0.1) is 0 Å². The van der Waals surface area contributed by atoms with Crippen molar-refractivity contribution in [3.63, 3.8) is 0 Å². The molecule has 0 fully saturated rings. The molecule has 0 saturated carbocycles. The van der Waals surface area contributed by atoms with Crippen LogP contribution in [0.5, 0.6) is 17.4 Å². The van der Waals surface area contributed by atoms with Gasteiger partial charge in [-0.3, -0.25) is 0 Å². The first-order chi connectivity index (χ1) is 12.9. The number of hydrogen-bond acceptors (Lipinski definition) is 5. The molecule has 0 atom stereocenters. The van der Waals surface area contributed by atoms with Crippen LogP contribution >= 0.6 is 24.0 Å². The molecule has 0 saturated heterocycles. The first kappa shape index (κ1) is 22.1. The summed E-state index contributed by atoms with van der Waals surface area (Å²) in [6, 6.07) is 9.38. The standard InChI is InChI=1S/C20H26N4O3.HI/c1-20(2,3)27-18-8-5-14(12-22-18)13-23-19(21)24-15-6-7-16-17(11-15)26-10-4-9-25-16;/h5-8,11-12H,4,9-10,13H2,1-3H3,(H3,21,23,24);1H. The van der Waals surface area contributed by atoms with E-state index in [0.717, 1.165) is 23.4 Å². The summed E-state index contributed by atoms with van der Waals surface area (Å²) in [4.78, 5) is 8.65. The lowest BCUT2D eigenvalue weighted by molar-refractivity contribution is 0.124. The van der Waals surface area contributed by atoms with Gasteiger partial charge in [-0.2, -0.15) is 0 Å². The zero-order valence-electron chi connectivity index (χ0n) is 16.4. The fourth-order valence-corrected chi connectivity index (χ4v) is 2.48. The van der Waals surface area contributed by atoms with Gasteiger partial charge in [-0.05, 0) is 38.5 Å². The summed E-state index contributed by atoms with van der Waals surface area (Å²) in [6.07, 6.45) is 2.61. The van der Waals surface area contributed by atoms with Crippen LogP contribution < -0.4 is 25.3 Å². The van der Waals surface area contributed by atoms with Gasteiger partial charge in [-0.1, -0.05) is 6.07 Å². The van der Waals surface area contributed by atoms with E-state index < -0.39 is 0 Å². The van der Waals surface area contributed by atoms with Crippen molar-refractivity contribution in [2.45, 2.75) is 39.3 Å². The van der Waals surface area contributed by atoms with Crippen molar-refractivity contribution in [3.8, 4) is 17.4 Å². The van der Waals surface area contributed by atoms with Crippen LogP contribution in [0.4, 0.5) is 5.69 Å². The minimum Gasteiger partial charge on any atom is -0.490 e. The SMILES string of the molecule is CC(C)(C)Oc1ccc(CN=C(N)Nc2ccc3c(c2)OCCCO3)cn1.I. The molecule has 1 aliphatic rings. The second-order valence-electron chi connectivity index (χ2n) is 7.26. The molecular formula is C20H27IN4O3. The van der Waals surface area contributed by atoms with Gasteiger partial charge in [0.25, 0.3) is 0 Å². The average molecular weight is 498 g/mol. The van der Waals surface area contributed by atoms with Gasteiger partial charge in [-0.15, -0.1) is 24.0 Å². The number of aliphatic imine (C=N–C) groups is 1. The average Bonchev–Trinajstić information content (AvgIpc) is 2.85. The molecule has 0 spiro atoms. The van der Waals surface area contributed by atoms with Crippen molar-refractivity contribution in [2.75, 3.05) is 18.5 Å². The normalized spacial score (nSPS) is 13.9. The molecule has 2 aromatic rings. The molecule has 3 rings (SSSR count). The molecule has 0 aliphatic carbocycles. The number of ether oxygens (including phenoxy) is 3. The van der Waals surface area contributed by atoms with Crippen LogP contribution in [0.1, 0.15) is 32.8 Å². The van der Waals surface area contributed by atoms with E-state index in [9.17, 15) is 0 Å². The molecule has 0 unspecified atom stereocenters. The molecule has 0 amide bonds. The Hall–Kier alpha value is -2.23. The zero-order valence-corrected chi connectivity index (χ0v) is 18.7. The van der Waals surface area contributed by atoms with E-state index in [4.69, 9.17) is 19.9 Å². The smallest absolute Gasteiger partial charge is 0.213 e. The molecule has 28 heavy (non-hydrogen) atoms. The fraction of sp³-hybridized carbons (Fsp3) is 0.400. The number of nitrogens with one attached hydrogen (secondary N) is 1. The lowest BCUT2D eigenvalue weighted by Crippen LogP contribution is -2.23. The molecule has 2 heterocycles. The van der Waals surface area contributed by atoms with Crippen molar-refractivity contribution in [1.29, 1.82) is 0 Å². The largest absolute Gasteiger partial charge is 0.490 e. The van der Waals surface area contributed by atoms with Gasteiger partial charge >= 0.3 is 0 Å². The van der Waals surface area contributed by atoms with E-state index in [0.29, 0.717) is 37.3 Å². The second kappa shape index (κ2) is 9.81. The number of hydrogen-bond donors (Lipinski definition) is 2. The number of anilines is 1. The molecule has 0 radical (unpaired) electrons. The lowest BCUT2D eigenvalue weighted by Gasteiger charge is -2.20. The Labute approximate surface area is 182 Å². The molecule has 0 bridgehead atoms. The molecule has 152 valence electrons. The Bertz CT molecular complexity index is 804. The maximum absolute atomic E-state index is 6.00. The first-order valence-corrected chi connectivity index (χ1v) is 9.00. The Morgan fingerprint density at radius 2 is 1.93 bits per heavy atom.